The van der Waals surface area contributed by atoms with Crippen LogP contribution < -0.4 is 5.32 Å². The van der Waals surface area contributed by atoms with Crippen LogP contribution in [-0.4, -0.2) is 53.3 Å². The lowest BCUT2D eigenvalue weighted by molar-refractivity contribution is -0.119. The fraction of sp³-hybridized carbons (Fsp3) is 0.278. The van der Waals surface area contributed by atoms with Gasteiger partial charge in [0.05, 0.1) is 11.9 Å². The van der Waals surface area contributed by atoms with Crippen molar-refractivity contribution in [3.8, 4) is 0 Å². The number of piperazine rings is 1. The van der Waals surface area contributed by atoms with E-state index < -0.39 is 0 Å². The third-order valence-electron chi connectivity index (χ3n) is 4.17. The molecule has 3 rings (SSSR count). The van der Waals surface area contributed by atoms with Gasteiger partial charge in [0.15, 0.2) is 0 Å². The van der Waals surface area contributed by atoms with Crippen molar-refractivity contribution in [1.82, 2.24) is 14.8 Å². The molecule has 2 amide bonds. The lowest BCUT2D eigenvalue weighted by atomic mass is 10.2. The molecule has 1 saturated heterocycles. The van der Waals surface area contributed by atoms with E-state index in [1.165, 1.54) is 0 Å². The average molecular weight is 359 g/mol. The van der Waals surface area contributed by atoms with E-state index in [9.17, 15) is 9.59 Å². The second kappa shape index (κ2) is 7.98. The predicted molar refractivity (Wildman–Crippen MR) is 96.6 cm³/mol. The molecule has 6 nitrogen and oxygen atoms in total. The zero-order chi connectivity index (χ0) is 17.6. The number of aromatic nitrogens is 1. The van der Waals surface area contributed by atoms with Crippen molar-refractivity contribution in [1.29, 1.82) is 0 Å². The van der Waals surface area contributed by atoms with Gasteiger partial charge in [0.2, 0.25) is 6.41 Å². The number of amides is 2. The molecule has 0 unspecified atom stereocenters. The van der Waals surface area contributed by atoms with E-state index in [2.05, 4.69) is 10.3 Å². The highest BCUT2D eigenvalue weighted by Gasteiger charge is 2.22. The van der Waals surface area contributed by atoms with Gasteiger partial charge in [0.25, 0.3) is 5.91 Å². The zero-order valence-electron chi connectivity index (χ0n) is 13.7. The topological polar surface area (TPSA) is 65.5 Å². The number of carbonyl (C=O) groups is 2. The molecule has 25 heavy (non-hydrogen) atoms. The van der Waals surface area contributed by atoms with Crippen LogP contribution in [0.3, 0.4) is 0 Å². The highest BCUT2D eigenvalue weighted by Crippen LogP contribution is 2.17. The van der Waals surface area contributed by atoms with E-state index in [0.29, 0.717) is 43.4 Å². The molecular weight excluding hydrogens is 340 g/mol. The molecule has 130 valence electrons. The smallest absolute Gasteiger partial charge is 0.272 e. The fourth-order valence-corrected chi connectivity index (χ4v) is 2.86. The normalized spacial score (nSPS) is 14.3. The summed E-state index contributed by atoms with van der Waals surface area (Å²) < 4.78 is 0. The maximum atomic E-state index is 12.4. The summed E-state index contributed by atoms with van der Waals surface area (Å²) in [4.78, 5) is 30.8. The highest BCUT2D eigenvalue weighted by molar-refractivity contribution is 6.31. The first-order valence-electron chi connectivity index (χ1n) is 8.09. The Balaban J connectivity index is 1.57. The van der Waals surface area contributed by atoms with Gasteiger partial charge < -0.3 is 15.1 Å². The van der Waals surface area contributed by atoms with E-state index >= 15 is 0 Å². The molecule has 2 aromatic rings. The first-order chi connectivity index (χ1) is 12.2. The molecule has 0 aliphatic carbocycles. The third kappa shape index (κ3) is 4.28. The van der Waals surface area contributed by atoms with Crippen LogP contribution in [0.5, 0.6) is 0 Å². The van der Waals surface area contributed by atoms with Crippen LogP contribution in [0.4, 0.5) is 5.69 Å². The van der Waals surface area contributed by atoms with Crippen molar-refractivity contribution < 1.29 is 9.59 Å². The zero-order valence-corrected chi connectivity index (χ0v) is 14.4. The molecule has 0 bridgehead atoms. The maximum Gasteiger partial charge on any atom is 0.272 e. The monoisotopic (exact) mass is 358 g/mol. The molecule has 0 saturated carbocycles. The number of nitrogens with one attached hydrogen (secondary N) is 1. The number of hydrogen-bond acceptors (Lipinski definition) is 4. The van der Waals surface area contributed by atoms with Crippen LogP contribution >= 0.6 is 11.6 Å². The van der Waals surface area contributed by atoms with E-state index in [1.807, 2.05) is 30.3 Å². The largest absolute Gasteiger partial charge is 0.380 e. The van der Waals surface area contributed by atoms with Crippen molar-refractivity contribution >= 4 is 29.6 Å². The Hall–Kier alpha value is -2.60. The first-order valence-corrected chi connectivity index (χ1v) is 8.47. The summed E-state index contributed by atoms with van der Waals surface area (Å²) in [5.41, 5.74) is 2.22. The molecule has 1 aromatic heterocycles. The Morgan fingerprint density at radius 3 is 2.56 bits per heavy atom. The van der Waals surface area contributed by atoms with Crippen LogP contribution in [-0.2, 0) is 11.3 Å². The van der Waals surface area contributed by atoms with Gasteiger partial charge in [-0.1, -0.05) is 29.8 Å². The van der Waals surface area contributed by atoms with Gasteiger partial charge in [0, 0.05) is 37.7 Å². The molecule has 1 aliphatic heterocycles. The van der Waals surface area contributed by atoms with Crippen molar-refractivity contribution in [2.75, 3.05) is 31.5 Å². The molecular formula is C18H19ClN4O2. The van der Waals surface area contributed by atoms with Crippen molar-refractivity contribution in [3.63, 3.8) is 0 Å². The number of carbonyl (C=O) groups excluding carboxylic acids is 2. The second-order valence-electron chi connectivity index (χ2n) is 5.81. The average Bonchev–Trinajstić information content (AvgIpc) is 2.67. The Labute approximate surface area is 151 Å². The Kier molecular flexibility index (Phi) is 5.50. The van der Waals surface area contributed by atoms with Gasteiger partial charge in [-0.25, -0.2) is 4.98 Å². The molecule has 7 heteroatoms. The first kappa shape index (κ1) is 17.2. The summed E-state index contributed by atoms with van der Waals surface area (Å²) in [6, 6.07) is 11.2. The summed E-state index contributed by atoms with van der Waals surface area (Å²) in [6.45, 7) is 2.78. The second-order valence-corrected chi connectivity index (χ2v) is 6.22. The molecule has 1 fully saturated rings. The number of hydrogen-bond donors (Lipinski definition) is 1. The number of anilines is 1. The molecule has 2 heterocycles. The molecule has 0 radical (unpaired) electrons. The number of pyridine rings is 1. The van der Waals surface area contributed by atoms with Gasteiger partial charge in [-0.15, -0.1) is 0 Å². The van der Waals surface area contributed by atoms with Gasteiger partial charge in [-0.05, 0) is 23.8 Å². The Morgan fingerprint density at radius 2 is 1.92 bits per heavy atom. The van der Waals surface area contributed by atoms with Crippen LogP contribution in [0.1, 0.15) is 16.1 Å². The molecule has 0 spiro atoms. The number of rotatable bonds is 5. The van der Waals surface area contributed by atoms with Crippen molar-refractivity contribution in [3.05, 3.63) is 58.9 Å². The summed E-state index contributed by atoms with van der Waals surface area (Å²) in [5.74, 6) is -0.108. The summed E-state index contributed by atoms with van der Waals surface area (Å²) in [7, 11) is 0. The number of halogens is 1. The van der Waals surface area contributed by atoms with Crippen LogP contribution in [0.15, 0.2) is 42.6 Å². The SMILES string of the molecule is O=CN1CCN(C(=O)c2ccc(NCc3ccccc3Cl)cn2)CC1. The van der Waals surface area contributed by atoms with Gasteiger partial charge in [-0.2, -0.15) is 0 Å². The van der Waals surface area contributed by atoms with Crippen LogP contribution in [0.2, 0.25) is 5.02 Å². The standard InChI is InChI=1S/C18H19ClN4O2/c19-16-4-2-1-3-14(16)11-20-15-5-6-17(21-12-15)18(25)23-9-7-22(13-24)8-10-23/h1-6,12-13,20H,7-11H2. The molecule has 1 aromatic carbocycles. The Morgan fingerprint density at radius 1 is 1.16 bits per heavy atom. The van der Waals surface area contributed by atoms with E-state index in [0.717, 1.165) is 17.7 Å². The van der Waals surface area contributed by atoms with Gasteiger partial charge in [-0.3, -0.25) is 9.59 Å². The van der Waals surface area contributed by atoms with Crippen LogP contribution in [0, 0.1) is 0 Å². The maximum absolute atomic E-state index is 12.4. The summed E-state index contributed by atoms with van der Waals surface area (Å²) >= 11 is 6.13. The quantitative estimate of drug-likeness (QED) is 0.833. The minimum absolute atomic E-state index is 0.108. The minimum Gasteiger partial charge on any atom is -0.380 e. The summed E-state index contributed by atoms with van der Waals surface area (Å²) in [6.07, 6.45) is 2.46. The van der Waals surface area contributed by atoms with Crippen molar-refractivity contribution in [2.24, 2.45) is 0 Å². The minimum atomic E-state index is -0.108. The van der Waals surface area contributed by atoms with Crippen LogP contribution in [0.25, 0.3) is 0 Å². The molecule has 1 aliphatic rings. The van der Waals surface area contributed by atoms with Gasteiger partial charge >= 0.3 is 0 Å². The summed E-state index contributed by atoms with van der Waals surface area (Å²) in [5, 5.41) is 3.96. The highest BCUT2D eigenvalue weighted by atomic mass is 35.5. The lowest BCUT2D eigenvalue weighted by Crippen LogP contribution is -2.48. The van der Waals surface area contributed by atoms with E-state index in [1.54, 1.807) is 22.1 Å². The Bertz CT molecular complexity index is 743. The number of benzene rings is 1. The number of nitrogens with zero attached hydrogens (tertiary/aromatic N) is 3. The van der Waals surface area contributed by atoms with Gasteiger partial charge in [0.1, 0.15) is 5.69 Å². The fourth-order valence-electron chi connectivity index (χ4n) is 2.66. The third-order valence-corrected chi connectivity index (χ3v) is 4.54. The molecule has 0 atom stereocenters. The van der Waals surface area contributed by atoms with E-state index in [-0.39, 0.29) is 5.91 Å². The lowest BCUT2D eigenvalue weighted by Gasteiger charge is -2.32. The molecule has 1 N–H and O–H groups in total. The van der Waals surface area contributed by atoms with E-state index in [4.69, 9.17) is 11.6 Å². The van der Waals surface area contributed by atoms with Crippen molar-refractivity contribution in [2.45, 2.75) is 6.54 Å². The predicted octanol–water partition coefficient (Wildman–Crippen LogP) is 2.26.